The van der Waals surface area contributed by atoms with Gasteiger partial charge in [0, 0.05) is 24.9 Å². The number of unbranched alkanes of at least 4 members (excludes halogenated alkanes) is 1. The summed E-state index contributed by atoms with van der Waals surface area (Å²) in [6.07, 6.45) is 0.717. The van der Waals surface area contributed by atoms with Gasteiger partial charge in [0.15, 0.2) is 6.04 Å². The van der Waals surface area contributed by atoms with Crippen LogP contribution in [-0.2, 0) is 54.6 Å². The Kier molecular flexibility index (Phi) is 16.7. The van der Waals surface area contributed by atoms with E-state index in [2.05, 4.69) is 25.7 Å². The van der Waals surface area contributed by atoms with Crippen molar-refractivity contribution in [3.8, 4) is 5.75 Å². The molecule has 58 heavy (non-hydrogen) atoms. The van der Waals surface area contributed by atoms with Crippen molar-refractivity contribution in [3.63, 3.8) is 0 Å². The highest BCUT2D eigenvalue weighted by Gasteiger charge is 2.37. The standard InChI is InChI=1S/C40H66N6O11S/c1-23-24(2)33(25(3)26-20-40(13,14)56-32(23)26)58(52,53)46-36(41)42-18-16-15-17-29(47)43-21-30(48)44-27(19-31(49)55-38(7,8)9)34(50)45-28(22-54-37(4,5)6)35(51)57-39(10,11)12/h27-28H,15-22H2,1-14H3,(H,43,47)(H,44,48)(H,45,50)(H3,41,42,46)/t27-,28?/m0/s1. The van der Waals surface area contributed by atoms with Crippen LogP contribution in [0.4, 0.5) is 0 Å². The molecule has 2 atom stereocenters. The van der Waals surface area contributed by atoms with Crippen molar-refractivity contribution in [2.75, 3.05) is 19.7 Å². The Hall–Kier alpha value is -4.45. The zero-order valence-corrected chi connectivity index (χ0v) is 37.6. The summed E-state index contributed by atoms with van der Waals surface area (Å²) in [6, 6.07) is -2.74. The lowest BCUT2D eigenvalue weighted by atomic mass is 9.94. The van der Waals surface area contributed by atoms with Crippen molar-refractivity contribution in [1.82, 2.24) is 20.7 Å². The minimum atomic E-state index is -4.07. The van der Waals surface area contributed by atoms with Gasteiger partial charge < -0.3 is 40.6 Å². The first kappa shape index (κ1) is 49.7. The number of benzene rings is 1. The Balaban J connectivity index is 1.99. The van der Waals surface area contributed by atoms with Gasteiger partial charge in [0.1, 0.15) is 28.6 Å². The number of hydrogen-bond donors (Lipinski definition) is 5. The number of aliphatic imine (C=N–C) groups is 1. The summed E-state index contributed by atoms with van der Waals surface area (Å²) in [7, 11) is -4.07. The molecule has 1 unspecified atom stereocenters. The van der Waals surface area contributed by atoms with E-state index in [1.807, 2.05) is 20.8 Å². The van der Waals surface area contributed by atoms with Crippen LogP contribution in [0, 0.1) is 20.8 Å². The predicted molar refractivity (Wildman–Crippen MR) is 219 cm³/mol. The van der Waals surface area contributed by atoms with Gasteiger partial charge in [0.25, 0.3) is 10.0 Å². The van der Waals surface area contributed by atoms with Gasteiger partial charge in [-0.15, -0.1) is 0 Å². The third kappa shape index (κ3) is 16.4. The van der Waals surface area contributed by atoms with Crippen molar-refractivity contribution >= 4 is 45.6 Å². The van der Waals surface area contributed by atoms with Crippen molar-refractivity contribution in [2.45, 2.75) is 168 Å². The monoisotopic (exact) mass is 838 g/mol. The zero-order valence-electron chi connectivity index (χ0n) is 36.7. The molecule has 0 bridgehead atoms. The van der Waals surface area contributed by atoms with E-state index < -0.39 is 87.1 Å². The summed E-state index contributed by atoms with van der Waals surface area (Å²) in [4.78, 5) is 69.0. The number of nitrogens with two attached hydrogens (primary N) is 1. The fraction of sp³-hybridized carbons (Fsp3) is 0.700. The van der Waals surface area contributed by atoms with Crippen molar-refractivity contribution in [3.05, 3.63) is 22.3 Å². The smallest absolute Gasteiger partial charge is 0.331 e. The van der Waals surface area contributed by atoms with Crippen molar-refractivity contribution < 1.29 is 51.3 Å². The summed E-state index contributed by atoms with van der Waals surface area (Å²) < 4.78 is 51.8. The molecule has 1 aromatic carbocycles. The first-order chi connectivity index (χ1) is 26.3. The van der Waals surface area contributed by atoms with Crippen LogP contribution < -0.4 is 31.1 Å². The number of guanidine groups is 1. The molecule has 328 valence electrons. The highest BCUT2D eigenvalue weighted by atomic mass is 32.2. The molecule has 0 saturated carbocycles. The first-order valence-electron chi connectivity index (χ1n) is 19.4. The van der Waals surface area contributed by atoms with Crippen LogP contribution in [0.5, 0.6) is 5.75 Å². The molecule has 0 fully saturated rings. The quantitative estimate of drug-likeness (QED) is 0.0658. The van der Waals surface area contributed by atoms with Crippen LogP contribution in [0.25, 0.3) is 0 Å². The lowest BCUT2D eigenvalue weighted by Gasteiger charge is -2.28. The molecule has 0 aliphatic carbocycles. The molecule has 6 N–H and O–H groups in total. The molecule has 1 heterocycles. The summed E-state index contributed by atoms with van der Waals surface area (Å²) in [6.45, 7) is 23.8. The van der Waals surface area contributed by atoms with Gasteiger partial charge in [-0.2, -0.15) is 0 Å². The number of fused-ring (bicyclic) bond motifs is 1. The molecular formula is C40H66N6O11S. The number of carbonyl (C=O) groups excluding carboxylic acids is 5. The maximum atomic E-state index is 13.5. The van der Waals surface area contributed by atoms with E-state index in [9.17, 15) is 32.4 Å². The summed E-state index contributed by atoms with van der Waals surface area (Å²) in [5.74, 6) is -3.26. The molecular weight excluding hydrogens is 773 g/mol. The minimum Gasteiger partial charge on any atom is -0.487 e. The second kappa shape index (κ2) is 19.5. The molecule has 1 aliphatic rings. The summed E-state index contributed by atoms with van der Waals surface area (Å²) in [5, 5.41) is 7.44. The van der Waals surface area contributed by atoms with Crippen LogP contribution in [0.3, 0.4) is 0 Å². The molecule has 0 radical (unpaired) electrons. The van der Waals surface area contributed by atoms with E-state index in [1.165, 1.54) is 0 Å². The zero-order chi connectivity index (χ0) is 44.6. The number of sulfonamides is 1. The van der Waals surface area contributed by atoms with Gasteiger partial charge in [-0.3, -0.25) is 24.2 Å². The highest BCUT2D eigenvalue weighted by molar-refractivity contribution is 7.90. The molecule has 2 rings (SSSR count). The lowest BCUT2D eigenvalue weighted by molar-refractivity contribution is -0.162. The van der Waals surface area contributed by atoms with E-state index in [4.69, 9.17) is 24.7 Å². The molecule has 3 amide bonds. The van der Waals surface area contributed by atoms with Gasteiger partial charge >= 0.3 is 11.9 Å². The first-order valence-corrected chi connectivity index (χ1v) is 20.9. The topological polar surface area (TPSA) is 243 Å². The highest BCUT2D eigenvalue weighted by Crippen LogP contribution is 2.43. The normalized spacial score (nSPS) is 15.3. The van der Waals surface area contributed by atoms with Crippen LogP contribution >= 0.6 is 0 Å². The van der Waals surface area contributed by atoms with Gasteiger partial charge in [-0.1, -0.05) is 0 Å². The van der Waals surface area contributed by atoms with E-state index in [0.717, 1.165) is 11.1 Å². The lowest BCUT2D eigenvalue weighted by Crippen LogP contribution is -2.56. The van der Waals surface area contributed by atoms with E-state index in [0.29, 0.717) is 36.1 Å². The van der Waals surface area contributed by atoms with Crippen LogP contribution in [0.1, 0.15) is 124 Å². The average molecular weight is 839 g/mol. The Labute approximate surface area is 343 Å². The van der Waals surface area contributed by atoms with Gasteiger partial charge in [-0.05, 0) is 126 Å². The number of rotatable bonds is 17. The van der Waals surface area contributed by atoms with Crippen molar-refractivity contribution in [1.29, 1.82) is 0 Å². The Morgan fingerprint density at radius 3 is 2.00 bits per heavy atom. The third-order valence-electron chi connectivity index (χ3n) is 8.47. The second-order valence-electron chi connectivity index (χ2n) is 18.1. The number of hydrogen-bond acceptors (Lipinski definition) is 12. The number of amides is 3. The van der Waals surface area contributed by atoms with Crippen LogP contribution in [-0.4, -0.2) is 98.2 Å². The number of carbonyl (C=O) groups is 5. The molecule has 0 saturated heterocycles. The maximum Gasteiger partial charge on any atom is 0.331 e. The Morgan fingerprint density at radius 1 is 0.828 bits per heavy atom. The molecule has 0 spiro atoms. The van der Waals surface area contributed by atoms with Gasteiger partial charge in [-0.25, -0.2) is 17.9 Å². The number of ether oxygens (including phenoxy) is 4. The number of esters is 2. The van der Waals surface area contributed by atoms with Gasteiger partial charge in [0.2, 0.25) is 23.7 Å². The summed E-state index contributed by atoms with van der Waals surface area (Å²) >= 11 is 0. The third-order valence-corrected chi connectivity index (χ3v) is 10.1. The van der Waals surface area contributed by atoms with E-state index in [-0.39, 0.29) is 30.4 Å². The fourth-order valence-corrected chi connectivity index (χ4v) is 7.41. The van der Waals surface area contributed by atoms with E-state index >= 15 is 0 Å². The van der Waals surface area contributed by atoms with Crippen LogP contribution in [0.2, 0.25) is 0 Å². The molecule has 0 aromatic heterocycles. The largest absolute Gasteiger partial charge is 0.487 e. The second-order valence-corrected chi connectivity index (χ2v) is 19.7. The fourth-order valence-electron chi connectivity index (χ4n) is 5.88. The molecule has 1 aromatic rings. The van der Waals surface area contributed by atoms with E-state index in [1.54, 1.807) is 76.2 Å². The molecule has 18 heteroatoms. The SMILES string of the molecule is Cc1c(C)c(S(=O)(=O)NC(N)=NCCCCC(=O)NCC(=O)N[C@@H](CC(=O)OC(C)(C)C)C(=O)NC(COC(C)(C)C)C(=O)OC(C)(C)C)c(C)c2c1OC(C)(C)C2. The maximum absolute atomic E-state index is 13.5. The minimum absolute atomic E-state index is 0.00676. The Morgan fingerprint density at radius 2 is 1.43 bits per heavy atom. The summed E-state index contributed by atoms with van der Waals surface area (Å²) in [5.41, 5.74) is 5.83. The molecule has 1 aliphatic heterocycles. The number of nitrogens with one attached hydrogen (secondary N) is 4. The average Bonchev–Trinajstić information content (AvgIpc) is 3.37. The van der Waals surface area contributed by atoms with Gasteiger partial charge in [0.05, 0.1) is 30.1 Å². The molecule has 17 nitrogen and oxygen atoms in total. The predicted octanol–water partition coefficient (Wildman–Crippen LogP) is 3.06. The Bertz CT molecular complexity index is 1840. The van der Waals surface area contributed by atoms with Crippen LogP contribution in [0.15, 0.2) is 9.89 Å². The van der Waals surface area contributed by atoms with Crippen molar-refractivity contribution in [2.24, 2.45) is 10.7 Å². The number of nitrogens with zero attached hydrogens (tertiary/aromatic N) is 1.